The number of carbonyl (C=O) groups is 2. The number of anilines is 1. The number of fused-ring (bicyclic) bond motifs is 4. The van der Waals surface area contributed by atoms with Crippen LogP contribution < -0.4 is 25.0 Å². The molecule has 5 atom stereocenters. The molecular weight excluding hydrogens is 1070 g/mol. The molecule has 7 heterocycles. The van der Waals surface area contributed by atoms with Crippen LogP contribution in [0, 0.1) is 36.1 Å². The van der Waals surface area contributed by atoms with Gasteiger partial charge in [-0.05, 0) is 103 Å². The SMILES string of the molecule is Cc1c(F)cc2[nH]ncc2c1-c1c(C2CC2)cc2c(N3C[C@@H]4C[C@H]3CN4)nc(OC3CCOCC3)nc2c1OCc1ccc(-c2cn([C@H](C(=O)N3CCC[C@H]3C(=O)N[C@@H](CO)c3ccc(-c4c(F)ccc(F)c4F)cc3)C(C)C)nn2)cc1. The fourth-order valence-electron chi connectivity index (χ4n) is 12.7. The zero-order chi connectivity index (χ0) is 57.2. The van der Waals surface area contributed by atoms with Crippen LogP contribution in [0.15, 0.2) is 85.2 Å². The third kappa shape index (κ3) is 10.3. The van der Waals surface area contributed by atoms with Crippen LogP contribution in [0.2, 0.25) is 0 Å². The predicted octanol–water partition coefficient (Wildman–Crippen LogP) is 9.57. The lowest BCUT2D eigenvalue weighted by atomic mass is 9.88. The molecule has 5 aliphatic rings. The number of benzene rings is 5. The molecule has 2 bridgehead atoms. The van der Waals surface area contributed by atoms with Crippen LogP contribution in [0.1, 0.15) is 99.0 Å². The third-order valence-corrected chi connectivity index (χ3v) is 17.2. The molecule has 13 rings (SSSR count). The molecular formula is C62H63F4N11O6. The van der Waals surface area contributed by atoms with Gasteiger partial charge in [-0.15, -0.1) is 5.10 Å². The molecule has 83 heavy (non-hydrogen) atoms. The van der Waals surface area contributed by atoms with Gasteiger partial charge in [-0.3, -0.25) is 14.7 Å². The molecule has 0 spiro atoms. The van der Waals surface area contributed by atoms with Crippen molar-refractivity contribution < 1.29 is 46.5 Å². The molecule has 17 nitrogen and oxygen atoms in total. The summed E-state index contributed by atoms with van der Waals surface area (Å²) in [6.45, 7) is 8.36. The van der Waals surface area contributed by atoms with Gasteiger partial charge in [0.1, 0.15) is 53.5 Å². The normalized spacial score (nSPS) is 19.8. The number of aromatic nitrogens is 7. The summed E-state index contributed by atoms with van der Waals surface area (Å²) in [6, 6.07) is 17.1. The van der Waals surface area contributed by atoms with E-state index in [1.54, 1.807) is 28.9 Å². The number of likely N-dealkylation sites (tertiary alicyclic amines) is 1. The minimum absolute atomic E-state index is 0.0834. The molecule has 4 saturated heterocycles. The molecule has 21 heteroatoms. The summed E-state index contributed by atoms with van der Waals surface area (Å²) in [6.07, 6.45) is 8.66. The number of aliphatic hydroxyl groups excluding tert-OH is 1. The Balaban J connectivity index is 0.770. The maximum atomic E-state index is 16.2. The number of nitrogens with one attached hydrogen (secondary N) is 3. The summed E-state index contributed by atoms with van der Waals surface area (Å²) in [7, 11) is 0. The molecule has 430 valence electrons. The van der Waals surface area contributed by atoms with Crippen molar-refractivity contribution in [3.63, 3.8) is 0 Å². The summed E-state index contributed by atoms with van der Waals surface area (Å²) < 4.78 is 80.2. The number of aromatic amines is 1. The van der Waals surface area contributed by atoms with Crippen molar-refractivity contribution in [3.8, 4) is 45.3 Å². The van der Waals surface area contributed by atoms with Gasteiger partial charge in [-0.1, -0.05) is 67.6 Å². The highest BCUT2D eigenvalue weighted by Gasteiger charge is 2.42. The van der Waals surface area contributed by atoms with E-state index in [9.17, 15) is 27.9 Å². The Morgan fingerprint density at radius 2 is 1.65 bits per heavy atom. The summed E-state index contributed by atoms with van der Waals surface area (Å²) in [5.74, 6) is -3.32. The Morgan fingerprint density at radius 3 is 2.37 bits per heavy atom. The summed E-state index contributed by atoms with van der Waals surface area (Å²) in [5, 5.41) is 34.8. The minimum Gasteiger partial charge on any atom is -0.486 e. The highest BCUT2D eigenvalue weighted by atomic mass is 19.2. The first-order chi connectivity index (χ1) is 40.3. The van der Waals surface area contributed by atoms with Crippen LogP contribution in [0.25, 0.3) is 55.3 Å². The van der Waals surface area contributed by atoms with Gasteiger partial charge in [0.05, 0.1) is 49.3 Å². The first-order valence-corrected chi connectivity index (χ1v) is 28.6. The highest BCUT2D eigenvalue weighted by Crippen LogP contribution is 2.54. The van der Waals surface area contributed by atoms with Crippen molar-refractivity contribution in [2.45, 2.75) is 115 Å². The molecule has 0 unspecified atom stereocenters. The van der Waals surface area contributed by atoms with Gasteiger partial charge in [0.15, 0.2) is 17.4 Å². The van der Waals surface area contributed by atoms with Crippen molar-refractivity contribution in [2.24, 2.45) is 5.92 Å². The molecule has 4 aliphatic heterocycles. The smallest absolute Gasteiger partial charge is 0.319 e. The van der Waals surface area contributed by atoms with Crippen molar-refractivity contribution >= 4 is 39.4 Å². The molecule has 1 saturated carbocycles. The van der Waals surface area contributed by atoms with Gasteiger partial charge in [-0.2, -0.15) is 15.1 Å². The zero-order valence-corrected chi connectivity index (χ0v) is 46.2. The monoisotopic (exact) mass is 1130 g/mol. The number of halogens is 4. The molecule has 8 aromatic rings. The lowest BCUT2D eigenvalue weighted by Crippen LogP contribution is -2.50. The van der Waals surface area contributed by atoms with E-state index in [1.807, 2.05) is 38.1 Å². The van der Waals surface area contributed by atoms with Crippen LogP contribution in [-0.2, 0) is 20.9 Å². The lowest BCUT2D eigenvalue weighted by Gasteiger charge is -2.31. The van der Waals surface area contributed by atoms with E-state index in [4.69, 9.17) is 24.2 Å². The van der Waals surface area contributed by atoms with Gasteiger partial charge in [-0.25, -0.2) is 22.2 Å². The van der Waals surface area contributed by atoms with E-state index in [2.05, 4.69) is 42.1 Å². The average molecular weight is 1130 g/mol. The number of piperazine rings is 1. The number of ether oxygens (including phenoxy) is 3. The van der Waals surface area contributed by atoms with E-state index >= 15 is 4.39 Å². The molecule has 0 radical (unpaired) electrons. The van der Waals surface area contributed by atoms with E-state index < -0.39 is 53.7 Å². The fraction of sp³-hybridized carbons (Fsp3) is 0.403. The number of aliphatic hydroxyl groups is 1. The van der Waals surface area contributed by atoms with Gasteiger partial charge < -0.3 is 39.8 Å². The van der Waals surface area contributed by atoms with Gasteiger partial charge >= 0.3 is 6.01 Å². The maximum absolute atomic E-state index is 16.2. The third-order valence-electron chi connectivity index (χ3n) is 17.2. The Bertz CT molecular complexity index is 3770. The highest BCUT2D eigenvalue weighted by molar-refractivity contribution is 6.06. The molecule has 5 aromatic carbocycles. The first-order valence-electron chi connectivity index (χ1n) is 28.6. The number of rotatable bonds is 17. The fourth-order valence-corrected chi connectivity index (χ4v) is 12.7. The maximum Gasteiger partial charge on any atom is 0.319 e. The zero-order valence-electron chi connectivity index (χ0n) is 46.2. The topological polar surface area (TPSA) is 198 Å². The first kappa shape index (κ1) is 54.3. The Hall–Kier alpha value is -8.01. The van der Waals surface area contributed by atoms with Crippen molar-refractivity contribution in [2.75, 3.05) is 44.4 Å². The van der Waals surface area contributed by atoms with Crippen molar-refractivity contribution in [3.05, 3.63) is 131 Å². The predicted molar refractivity (Wildman–Crippen MR) is 301 cm³/mol. The second kappa shape index (κ2) is 22.3. The van der Waals surface area contributed by atoms with Gasteiger partial charge in [0.25, 0.3) is 0 Å². The number of hydrogen-bond acceptors (Lipinski definition) is 13. The second-order valence-electron chi connectivity index (χ2n) is 23.0. The molecule has 2 amide bonds. The number of amides is 2. The largest absolute Gasteiger partial charge is 0.486 e. The second-order valence-corrected chi connectivity index (χ2v) is 23.0. The van der Waals surface area contributed by atoms with Crippen LogP contribution in [0.3, 0.4) is 0 Å². The number of hydrogen-bond donors (Lipinski definition) is 4. The van der Waals surface area contributed by atoms with E-state index in [0.29, 0.717) is 96.7 Å². The molecule has 4 N–H and O–H groups in total. The Kier molecular flexibility index (Phi) is 14.6. The Labute approximate surface area is 475 Å². The van der Waals surface area contributed by atoms with Gasteiger partial charge in [0.2, 0.25) is 11.8 Å². The lowest BCUT2D eigenvalue weighted by molar-refractivity contribution is -0.142. The Morgan fingerprint density at radius 1 is 0.880 bits per heavy atom. The van der Waals surface area contributed by atoms with E-state index in [0.717, 1.165) is 77.3 Å². The van der Waals surface area contributed by atoms with Crippen LogP contribution in [-0.4, -0.2) is 121 Å². The summed E-state index contributed by atoms with van der Waals surface area (Å²) >= 11 is 0. The molecule has 3 aromatic heterocycles. The van der Waals surface area contributed by atoms with Crippen LogP contribution >= 0.6 is 0 Å². The van der Waals surface area contributed by atoms with E-state index in [-0.39, 0.29) is 53.9 Å². The number of nitrogens with zero attached hydrogens (tertiary/aromatic N) is 8. The minimum atomic E-state index is -1.32. The van der Waals surface area contributed by atoms with Crippen molar-refractivity contribution in [1.82, 2.24) is 50.7 Å². The van der Waals surface area contributed by atoms with Crippen molar-refractivity contribution in [1.29, 1.82) is 0 Å². The standard InChI is InChI=1S/C62H63F4N11O6/c1-32(2)57(61(80)75-20-4-5-51(75)60(79)69-50(30-78)37-12-14-38(15-13-37)53-45(63)16-17-46(64)55(53)66)77-29-49(73-74-77)36-8-6-34(7-9-36)31-82-58-54(52-33(3)47(65)25-48-44(52)27-68-72-48)42(35-10-11-35)24-43-56(58)70-62(83-41-18-21-81-22-19-41)71-59(43)76-28-39-23-40(76)26-67-39/h6-9,12-17,24-25,27,29,32,35,39-41,50-51,57,67,78H,4-5,10-11,18-23,26,28,30-31H2,1-3H3,(H,68,72)(H,69,79)/t39-,40-,50-,51-,57-/m0/s1. The number of H-pyrrole nitrogens is 1. The summed E-state index contributed by atoms with van der Waals surface area (Å²) in [5.41, 5.74) is 6.25. The number of carbonyl (C=O) groups excluding carboxylic acids is 2. The molecule has 1 aliphatic carbocycles. The van der Waals surface area contributed by atoms with E-state index in [1.165, 1.54) is 30.3 Å². The molecule has 5 fully saturated rings. The van der Waals surface area contributed by atoms with Crippen LogP contribution in [0.5, 0.6) is 11.8 Å². The van der Waals surface area contributed by atoms with Crippen LogP contribution in [0.4, 0.5) is 23.4 Å². The quantitative estimate of drug-likeness (QED) is 0.0497. The summed E-state index contributed by atoms with van der Waals surface area (Å²) in [4.78, 5) is 42.9. The van der Waals surface area contributed by atoms with Gasteiger partial charge in [0, 0.05) is 72.0 Å². The average Bonchev–Trinajstić information content (AvgIpc) is 2.33.